The number of carbonyl (C=O) groups excluding carboxylic acids is 1. The number of ether oxygens (including phenoxy) is 3. The molecule has 0 aromatic heterocycles. The summed E-state index contributed by atoms with van der Waals surface area (Å²) < 4.78 is 17.2. The van der Waals surface area contributed by atoms with Gasteiger partial charge in [-0.3, -0.25) is 0 Å². The number of hydrogen-bond acceptors (Lipinski definition) is 4. The Morgan fingerprint density at radius 2 is 1.10 bits per heavy atom. The van der Waals surface area contributed by atoms with Gasteiger partial charge in [0.05, 0.1) is 18.8 Å². The van der Waals surface area contributed by atoms with Crippen LogP contribution in [0.25, 0.3) is 6.08 Å². The van der Waals surface area contributed by atoms with Crippen LogP contribution in [0.1, 0.15) is 99.0 Å². The fraction of sp³-hybridized carbons (Fsp3) is 0.417. The van der Waals surface area contributed by atoms with Gasteiger partial charge in [0.15, 0.2) is 0 Å². The van der Waals surface area contributed by atoms with E-state index in [0.717, 1.165) is 42.9 Å². The highest BCUT2D eigenvalue weighted by Crippen LogP contribution is 2.19. The van der Waals surface area contributed by atoms with E-state index < -0.39 is 0 Å². The van der Waals surface area contributed by atoms with Gasteiger partial charge in [-0.05, 0) is 85.3 Å². The molecule has 0 N–H and O–H groups in total. The number of carbonyl (C=O) groups is 1. The van der Waals surface area contributed by atoms with Crippen molar-refractivity contribution in [2.45, 2.75) is 84.0 Å². The smallest absolute Gasteiger partial charge is 0.343 e. The van der Waals surface area contributed by atoms with Crippen LogP contribution >= 0.6 is 0 Å². The Bertz CT molecular complexity index is 1100. The van der Waals surface area contributed by atoms with E-state index in [9.17, 15) is 4.79 Å². The molecule has 4 heteroatoms. The number of esters is 1. The maximum atomic E-state index is 12.5. The zero-order valence-electron chi connectivity index (χ0n) is 24.2. The Balaban J connectivity index is 1.16. The molecule has 0 fully saturated rings. The summed E-state index contributed by atoms with van der Waals surface area (Å²) in [5, 5.41) is 0. The molecule has 0 aliphatic heterocycles. The van der Waals surface area contributed by atoms with E-state index in [4.69, 9.17) is 14.2 Å². The summed E-state index contributed by atoms with van der Waals surface area (Å²) in [5.74, 6) is 1.94. The van der Waals surface area contributed by atoms with Crippen LogP contribution in [0, 0.1) is 0 Å². The molecule has 3 aromatic carbocycles. The highest BCUT2D eigenvalue weighted by molar-refractivity contribution is 5.91. The van der Waals surface area contributed by atoms with E-state index in [1.54, 1.807) is 12.1 Å². The zero-order chi connectivity index (χ0) is 28.3. The van der Waals surface area contributed by atoms with Gasteiger partial charge in [0, 0.05) is 0 Å². The minimum absolute atomic E-state index is 0.351. The second-order valence-corrected chi connectivity index (χ2v) is 10.3. The van der Waals surface area contributed by atoms with Crippen molar-refractivity contribution in [3.8, 4) is 17.2 Å². The second kappa shape index (κ2) is 18.7. The first kappa shape index (κ1) is 31.0. The fourth-order valence-electron chi connectivity index (χ4n) is 4.48. The minimum Gasteiger partial charge on any atom is -0.494 e. The highest BCUT2D eigenvalue weighted by Gasteiger charge is 2.09. The first-order chi connectivity index (χ1) is 19.7. The molecule has 0 bridgehead atoms. The normalized spacial score (nSPS) is 10.7. The summed E-state index contributed by atoms with van der Waals surface area (Å²) in [6, 6.07) is 23.1. The summed E-state index contributed by atoms with van der Waals surface area (Å²) in [6.07, 6.45) is 16.2. The summed E-state index contributed by atoms with van der Waals surface area (Å²) in [6.45, 7) is 7.44. The Hall–Kier alpha value is -3.53. The van der Waals surface area contributed by atoms with Gasteiger partial charge in [-0.25, -0.2) is 4.79 Å². The van der Waals surface area contributed by atoms with Crippen molar-refractivity contribution in [3.63, 3.8) is 0 Å². The molecule has 0 saturated heterocycles. The predicted molar refractivity (Wildman–Crippen MR) is 166 cm³/mol. The number of unbranched alkanes of at least 4 members (excludes halogenated alkanes) is 9. The van der Waals surface area contributed by atoms with Crippen LogP contribution in [0.4, 0.5) is 0 Å². The van der Waals surface area contributed by atoms with E-state index in [0.29, 0.717) is 17.9 Å². The van der Waals surface area contributed by atoms with Gasteiger partial charge in [0.1, 0.15) is 17.2 Å². The van der Waals surface area contributed by atoms with Crippen molar-refractivity contribution in [1.29, 1.82) is 0 Å². The van der Waals surface area contributed by atoms with Crippen LogP contribution < -0.4 is 14.2 Å². The van der Waals surface area contributed by atoms with Crippen molar-refractivity contribution < 1.29 is 19.0 Å². The highest BCUT2D eigenvalue weighted by atomic mass is 16.5. The van der Waals surface area contributed by atoms with Crippen LogP contribution in [0.3, 0.4) is 0 Å². The topological polar surface area (TPSA) is 44.8 Å². The van der Waals surface area contributed by atoms with Crippen LogP contribution in [-0.4, -0.2) is 19.2 Å². The van der Waals surface area contributed by atoms with Gasteiger partial charge < -0.3 is 14.2 Å². The lowest BCUT2D eigenvalue weighted by Gasteiger charge is -2.08. The SMILES string of the molecule is C=Cc1ccc(OCCCCCCCCCCCOc2ccc(C(=O)Oc3ccc(CCCC)cc3)cc2)cc1. The first-order valence-electron chi connectivity index (χ1n) is 15.1. The van der Waals surface area contributed by atoms with E-state index >= 15 is 0 Å². The molecule has 0 radical (unpaired) electrons. The number of benzene rings is 3. The maximum Gasteiger partial charge on any atom is 0.343 e. The maximum absolute atomic E-state index is 12.5. The second-order valence-electron chi connectivity index (χ2n) is 10.3. The van der Waals surface area contributed by atoms with Crippen molar-refractivity contribution in [1.82, 2.24) is 0 Å². The lowest BCUT2D eigenvalue weighted by Crippen LogP contribution is -2.08. The molecule has 0 saturated carbocycles. The van der Waals surface area contributed by atoms with Crippen molar-refractivity contribution in [3.05, 3.63) is 96.1 Å². The molecule has 214 valence electrons. The molecule has 3 aromatic rings. The standard InChI is InChI=1S/C36H46O4/c1-3-5-15-31-18-24-35(25-19-31)40-36(37)32-20-26-34(27-21-32)39-29-14-12-10-8-6-7-9-11-13-28-38-33-22-16-30(4-2)17-23-33/h4,16-27H,2-3,5-15,28-29H2,1H3. The van der Waals surface area contributed by atoms with Crippen molar-refractivity contribution in [2.24, 2.45) is 0 Å². The molecular weight excluding hydrogens is 496 g/mol. The summed E-state index contributed by atoms with van der Waals surface area (Å²) in [7, 11) is 0. The van der Waals surface area contributed by atoms with E-state index in [1.807, 2.05) is 66.7 Å². The third kappa shape index (κ3) is 12.1. The Morgan fingerprint density at radius 1 is 0.625 bits per heavy atom. The van der Waals surface area contributed by atoms with Crippen molar-refractivity contribution in [2.75, 3.05) is 13.2 Å². The number of hydrogen-bond donors (Lipinski definition) is 0. The Morgan fingerprint density at radius 3 is 1.60 bits per heavy atom. The Labute approximate surface area is 241 Å². The van der Waals surface area contributed by atoms with E-state index in [2.05, 4.69) is 13.5 Å². The monoisotopic (exact) mass is 542 g/mol. The first-order valence-corrected chi connectivity index (χ1v) is 15.1. The third-order valence-electron chi connectivity index (χ3n) is 6.98. The quantitative estimate of drug-likeness (QED) is 0.0809. The zero-order valence-corrected chi connectivity index (χ0v) is 24.2. The summed E-state index contributed by atoms with van der Waals surface area (Å²) in [4.78, 5) is 12.5. The molecule has 4 nitrogen and oxygen atoms in total. The van der Waals surface area contributed by atoms with Gasteiger partial charge >= 0.3 is 5.97 Å². The largest absolute Gasteiger partial charge is 0.494 e. The average Bonchev–Trinajstić information content (AvgIpc) is 2.99. The van der Waals surface area contributed by atoms with Gasteiger partial charge in [0.2, 0.25) is 0 Å². The Kier molecular flexibility index (Phi) is 14.5. The van der Waals surface area contributed by atoms with Crippen LogP contribution in [0.2, 0.25) is 0 Å². The summed E-state index contributed by atoms with van der Waals surface area (Å²) >= 11 is 0. The van der Waals surface area contributed by atoms with E-state index in [-0.39, 0.29) is 5.97 Å². The molecule has 40 heavy (non-hydrogen) atoms. The third-order valence-corrected chi connectivity index (χ3v) is 6.98. The van der Waals surface area contributed by atoms with Gasteiger partial charge in [-0.1, -0.05) is 95.2 Å². The molecule has 0 unspecified atom stereocenters. The van der Waals surface area contributed by atoms with Gasteiger partial charge in [0.25, 0.3) is 0 Å². The predicted octanol–water partition coefficient (Wildman–Crippen LogP) is 9.86. The van der Waals surface area contributed by atoms with Crippen LogP contribution in [-0.2, 0) is 6.42 Å². The lowest BCUT2D eigenvalue weighted by molar-refractivity contribution is 0.0734. The van der Waals surface area contributed by atoms with Crippen LogP contribution in [0.5, 0.6) is 17.2 Å². The molecule has 0 spiro atoms. The molecule has 0 aliphatic carbocycles. The number of aryl methyl sites for hydroxylation is 1. The van der Waals surface area contributed by atoms with Crippen molar-refractivity contribution >= 4 is 12.0 Å². The van der Waals surface area contributed by atoms with Gasteiger partial charge in [-0.15, -0.1) is 0 Å². The van der Waals surface area contributed by atoms with Crippen LogP contribution in [0.15, 0.2) is 79.4 Å². The number of rotatable bonds is 20. The molecule has 0 amide bonds. The fourth-order valence-corrected chi connectivity index (χ4v) is 4.48. The molecule has 0 heterocycles. The minimum atomic E-state index is -0.351. The average molecular weight is 543 g/mol. The lowest BCUT2D eigenvalue weighted by atomic mass is 10.1. The molecule has 0 aliphatic rings. The molecule has 3 rings (SSSR count). The van der Waals surface area contributed by atoms with Gasteiger partial charge in [-0.2, -0.15) is 0 Å². The molecular formula is C36H46O4. The molecule has 0 atom stereocenters. The van der Waals surface area contributed by atoms with E-state index in [1.165, 1.54) is 63.4 Å². The summed E-state index contributed by atoms with van der Waals surface area (Å²) in [5.41, 5.74) is 2.90.